The zero-order valence-corrected chi connectivity index (χ0v) is 20.5. The number of nitrogens with zero attached hydrogens (tertiary/aromatic N) is 1. The van der Waals surface area contributed by atoms with E-state index < -0.39 is 0 Å². The van der Waals surface area contributed by atoms with E-state index in [2.05, 4.69) is 17.6 Å². The highest BCUT2D eigenvalue weighted by Gasteiger charge is 2.26. The second-order valence-corrected chi connectivity index (χ2v) is 9.18. The number of hydrogen-bond acceptors (Lipinski definition) is 4. The Hall–Kier alpha value is -1.63. The summed E-state index contributed by atoms with van der Waals surface area (Å²) in [5.41, 5.74) is 5.27. The Kier molecular flexibility index (Phi) is 16.8. The molecule has 3 amide bonds. The van der Waals surface area contributed by atoms with Crippen LogP contribution in [0.1, 0.15) is 110 Å². The summed E-state index contributed by atoms with van der Waals surface area (Å²) in [6, 6.07) is -0.337. The van der Waals surface area contributed by atoms with Crippen LogP contribution in [0.5, 0.6) is 0 Å². The summed E-state index contributed by atoms with van der Waals surface area (Å²) in [7, 11) is 0. The van der Waals surface area contributed by atoms with Crippen LogP contribution in [0.2, 0.25) is 0 Å². The predicted octanol–water partition coefficient (Wildman–Crippen LogP) is 3.65. The molecule has 1 heterocycles. The molecule has 1 aliphatic rings. The van der Waals surface area contributed by atoms with Crippen molar-refractivity contribution in [2.45, 2.75) is 116 Å². The molecule has 0 radical (unpaired) electrons. The molecule has 0 aromatic carbocycles. The van der Waals surface area contributed by atoms with Gasteiger partial charge in [-0.25, -0.2) is 0 Å². The molecular formula is C25H48N4O3. The van der Waals surface area contributed by atoms with Crippen molar-refractivity contribution in [3.05, 3.63) is 0 Å². The van der Waals surface area contributed by atoms with Crippen molar-refractivity contribution in [1.29, 1.82) is 0 Å². The van der Waals surface area contributed by atoms with Gasteiger partial charge in [0.2, 0.25) is 17.7 Å². The average molecular weight is 453 g/mol. The molecule has 0 bridgehead atoms. The van der Waals surface area contributed by atoms with Gasteiger partial charge in [0.25, 0.3) is 0 Å². The summed E-state index contributed by atoms with van der Waals surface area (Å²) >= 11 is 0. The molecule has 1 saturated heterocycles. The first-order valence-corrected chi connectivity index (χ1v) is 13.1. The molecule has 1 rings (SSSR count). The van der Waals surface area contributed by atoms with Gasteiger partial charge in [0.05, 0.1) is 6.04 Å². The lowest BCUT2D eigenvalue weighted by Crippen LogP contribution is -2.46. The van der Waals surface area contributed by atoms with Crippen molar-refractivity contribution in [3.8, 4) is 0 Å². The minimum Gasteiger partial charge on any atom is -0.370 e. The lowest BCUT2D eigenvalue weighted by Gasteiger charge is -2.24. The average Bonchev–Trinajstić information content (AvgIpc) is 3.31. The van der Waals surface area contributed by atoms with Crippen LogP contribution < -0.4 is 16.4 Å². The predicted molar refractivity (Wildman–Crippen MR) is 130 cm³/mol. The monoisotopic (exact) mass is 452 g/mol. The van der Waals surface area contributed by atoms with E-state index in [-0.39, 0.29) is 30.2 Å². The number of hydrogen-bond donors (Lipinski definition) is 3. The fraction of sp³-hybridized carbons (Fsp3) is 0.880. The van der Waals surface area contributed by atoms with Gasteiger partial charge in [-0.3, -0.25) is 14.4 Å². The quantitative estimate of drug-likeness (QED) is 0.245. The van der Waals surface area contributed by atoms with Gasteiger partial charge in [-0.05, 0) is 45.1 Å². The molecule has 186 valence electrons. The fourth-order valence-corrected chi connectivity index (χ4v) is 4.20. The van der Waals surface area contributed by atoms with Crippen molar-refractivity contribution in [1.82, 2.24) is 15.5 Å². The van der Waals surface area contributed by atoms with Gasteiger partial charge in [0, 0.05) is 32.5 Å². The van der Waals surface area contributed by atoms with Gasteiger partial charge < -0.3 is 21.3 Å². The van der Waals surface area contributed by atoms with Crippen LogP contribution in [0.3, 0.4) is 0 Å². The van der Waals surface area contributed by atoms with Crippen molar-refractivity contribution >= 4 is 17.7 Å². The Labute approximate surface area is 195 Å². The lowest BCUT2D eigenvalue weighted by atomic mass is 10.1. The Morgan fingerprint density at radius 1 is 0.812 bits per heavy atom. The molecular weight excluding hydrogens is 404 g/mol. The molecule has 1 fully saturated rings. The number of carbonyl (C=O) groups excluding carboxylic acids is 3. The SMILES string of the molecule is CCCCCCCCCCNC(=O)CCCCCNC(CCC(N)=O)C(=O)N1CCCC1. The van der Waals surface area contributed by atoms with E-state index in [1.165, 1.54) is 44.9 Å². The van der Waals surface area contributed by atoms with Crippen LogP contribution >= 0.6 is 0 Å². The minimum absolute atomic E-state index is 0.0871. The number of unbranched alkanes of at least 4 members (excludes halogenated alkanes) is 9. The molecule has 7 nitrogen and oxygen atoms in total. The third-order valence-electron chi connectivity index (χ3n) is 6.22. The Balaban J connectivity index is 2.04. The zero-order valence-electron chi connectivity index (χ0n) is 20.5. The van der Waals surface area contributed by atoms with Crippen LogP contribution in [-0.4, -0.2) is 54.8 Å². The highest BCUT2D eigenvalue weighted by Crippen LogP contribution is 2.12. The number of nitrogens with two attached hydrogens (primary N) is 1. The van der Waals surface area contributed by atoms with E-state index in [0.29, 0.717) is 19.4 Å². The number of carbonyl (C=O) groups is 3. The van der Waals surface area contributed by atoms with E-state index in [0.717, 1.165) is 58.2 Å². The van der Waals surface area contributed by atoms with Crippen molar-refractivity contribution < 1.29 is 14.4 Å². The molecule has 1 atom stereocenters. The van der Waals surface area contributed by atoms with E-state index >= 15 is 0 Å². The topological polar surface area (TPSA) is 105 Å². The third kappa shape index (κ3) is 14.4. The molecule has 0 aromatic rings. The van der Waals surface area contributed by atoms with E-state index in [9.17, 15) is 14.4 Å². The Morgan fingerprint density at radius 3 is 2.06 bits per heavy atom. The highest BCUT2D eigenvalue weighted by molar-refractivity contribution is 5.83. The fourth-order valence-electron chi connectivity index (χ4n) is 4.20. The maximum Gasteiger partial charge on any atom is 0.239 e. The summed E-state index contributed by atoms with van der Waals surface area (Å²) in [6.07, 6.45) is 16.2. The first-order chi connectivity index (χ1) is 15.5. The van der Waals surface area contributed by atoms with Gasteiger partial charge in [0.1, 0.15) is 0 Å². The molecule has 32 heavy (non-hydrogen) atoms. The van der Waals surface area contributed by atoms with Crippen molar-refractivity contribution in [3.63, 3.8) is 0 Å². The van der Waals surface area contributed by atoms with E-state index in [1.807, 2.05) is 4.90 Å². The van der Waals surface area contributed by atoms with Gasteiger partial charge in [-0.1, -0.05) is 58.3 Å². The normalized spacial score (nSPS) is 14.5. The molecule has 0 saturated carbocycles. The standard InChI is InChI=1S/C25H48N4O3/c1-2-3-4-5-6-7-8-11-19-28-24(31)15-10-9-12-18-27-22(16-17-23(26)30)25(32)29-20-13-14-21-29/h22,27H,2-21H2,1H3,(H2,26,30)(H,28,31). The molecule has 7 heteroatoms. The van der Waals surface area contributed by atoms with Crippen LogP contribution in [-0.2, 0) is 14.4 Å². The van der Waals surface area contributed by atoms with Gasteiger partial charge in [-0.2, -0.15) is 0 Å². The van der Waals surface area contributed by atoms with Crippen LogP contribution in [0.4, 0.5) is 0 Å². The minimum atomic E-state index is -0.371. The lowest BCUT2D eigenvalue weighted by molar-refractivity contribution is -0.132. The highest BCUT2D eigenvalue weighted by atomic mass is 16.2. The Bertz CT molecular complexity index is 521. The van der Waals surface area contributed by atoms with Crippen LogP contribution in [0.15, 0.2) is 0 Å². The van der Waals surface area contributed by atoms with Crippen molar-refractivity contribution in [2.24, 2.45) is 5.73 Å². The summed E-state index contributed by atoms with van der Waals surface area (Å²) in [5.74, 6) is -0.141. The summed E-state index contributed by atoms with van der Waals surface area (Å²) in [6.45, 7) is 5.35. The second-order valence-electron chi connectivity index (χ2n) is 9.18. The first-order valence-electron chi connectivity index (χ1n) is 13.1. The van der Waals surface area contributed by atoms with Gasteiger partial charge >= 0.3 is 0 Å². The molecule has 1 unspecified atom stereocenters. The van der Waals surface area contributed by atoms with E-state index in [1.54, 1.807) is 0 Å². The van der Waals surface area contributed by atoms with Crippen LogP contribution in [0.25, 0.3) is 0 Å². The first kappa shape index (κ1) is 28.4. The number of primary amides is 1. The molecule has 0 spiro atoms. The summed E-state index contributed by atoms with van der Waals surface area (Å²) in [5, 5.41) is 6.34. The molecule has 0 aromatic heterocycles. The smallest absolute Gasteiger partial charge is 0.239 e. The maximum atomic E-state index is 12.7. The summed E-state index contributed by atoms with van der Waals surface area (Å²) < 4.78 is 0. The number of amides is 3. The third-order valence-corrected chi connectivity index (χ3v) is 6.22. The molecule has 0 aliphatic carbocycles. The van der Waals surface area contributed by atoms with Gasteiger partial charge in [0.15, 0.2) is 0 Å². The van der Waals surface area contributed by atoms with Crippen LogP contribution in [0, 0.1) is 0 Å². The number of rotatable bonds is 20. The second kappa shape index (κ2) is 18.9. The van der Waals surface area contributed by atoms with Gasteiger partial charge in [-0.15, -0.1) is 0 Å². The molecule has 1 aliphatic heterocycles. The number of nitrogens with one attached hydrogen (secondary N) is 2. The maximum absolute atomic E-state index is 12.7. The zero-order chi connectivity index (χ0) is 23.4. The Morgan fingerprint density at radius 2 is 1.41 bits per heavy atom. The number of likely N-dealkylation sites (tertiary alicyclic amines) is 1. The van der Waals surface area contributed by atoms with E-state index in [4.69, 9.17) is 5.73 Å². The summed E-state index contributed by atoms with van der Waals surface area (Å²) in [4.78, 5) is 37.6. The molecule has 4 N–H and O–H groups in total. The van der Waals surface area contributed by atoms with Crippen molar-refractivity contribution in [2.75, 3.05) is 26.2 Å². The largest absolute Gasteiger partial charge is 0.370 e.